The van der Waals surface area contributed by atoms with Crippen LogP contribution in [0.3, 0.4) is 0 Å². The fourth-order valence-corrected chi connectivity index (χ4v) is 4.77. The molecule has 2 heterocycles. The Balaban J connectivity index is 1.92. The molecule has 1 aliphatic rings. The van der Waals surface area contributed by atoms with Crippen LogP contribution in [0.4, 0.5) is 11.4 Å². The molecule has 0 spiro atoms. The van der Waals surface area contributed by atoms with Crippen LogP contribution in [0.15, 0.2) is 41.0 Å². The fourth-order valence-electron chi connectivity index (χ4n) is 4.77. The lowest BCUT2D eigenvalue weighted by Gasteiger charge is -2.31. The van der Waals surface area contributed by atoms with Gasteiger partial charge in [0.2, 0.25) is 5.91 Å². The number of hydrogen-bond donors (Lipinski definition) is 1. The number of amides is 2. The molecule has 2 aromatic rings. The first-order valence-corrected chi connectivity index (χ1v) is 13.6. The van der Waals surface area contributed by atoms with Crippen LogP contribution >= 0.6 is 0 Å². The molecule has 2 amide bonds. The van der Waals surface area contributed by atoms with Crippen molar-refractivity contribution < 1.29 is 14.0 Å². The van der Waals surface area contributed by atoms with Crippen molar-refractivity contribution >= 4 is 23.2 Å². The second kappa shape index (κ2) is 14.0. The van der Waals surface area contributed by atoms with E-state index in [0.717, 1.165) is 82.4 Å². The lowest BCUT2D eigenvalue weighted by Crippen LogP contribution is -2.37. The van der Waals surface area contributed by atoms with E-state index in [2.05, 4.69) is 31.0 Å². The molecule has 0 aliphatic carbocycles. The van der Waals surface area contributed by atoms with Crippen molar-refractivity contribution in [3.63, 3.8) is 0 Å². The van der Waals surface area contributed by atoms with Crippen molar-refractivity contribution in [2.24, 2.45) is 5.92 Å². The minimum atomic E-state index is -0.00382. The zero-order valence-electron chi connectivity index (χ0n) is 21.9. The van der Waals surface area contributed by atoms with Crippen molar-refractivity contribution in [3.8, 4) is 0 Å². The van der Waals surface area contributed by atoms with E-state index >= 15 is 0 Å². The Morgan fingerprint density at radius 3 is 2.49 bits per heavy atom. The Morgan fingerprint density at radius 1 is 1.06 bits per heavy atom. The summed E-state index contributed by atoms with van der Waals surface area (Å²) >= 11 is 0. The van der Waals surface area contributed by atoms with Gasteiger partial charge in [0.05, 0.1) is 24.1 Å². The third-order valence-corrected chi connectivity index (χ3v) is 6.96. The molecular formula is C29H43N3O3. The quantitative estimate of drug-likeness (QED) is 0.339. The number of nitrogens with zero attached hydrogens (tertiary/aromatic N) is 2. The highest BCUT2D eigenvalue weighted by Gasteiger charge is 2.25. The second-order valence-corrected chi connectivity index (χ2v) is 9.68. The monoisotopic (exact) mass is 481 g/mol. The first-order valence-electron chi connectivity index (χ1n) is 13.6. The van der Waals surface area contributed by atoms with Gasteiger partial charge in [-0.3, -0.25) is 9.59 Å². The van der Waals surface area contributed by atoms with Gasteiger partial charge in [-0.1, -0.05) is 40.0 Å². The number of hydrogen-bond acceptors (Lipinski definition) is 4. The van der Waals surface area contributed by atoms with E-state index in [-0.39, 0.29) is 17.7 Å². The van der Waals surface area contributed by atoms with Crippen LogP contribution in [0.2, 0.25) is 0 Å². The van der Waals surface area contributed by atoms with Gasteiger partial charge in [0.15, 0.2) is 0 Å². The predicted octanol–water partition coefficient (Wildman–Crippen LogP) is 6.87. The normalized spacial score (nSPS) is 14.5. The number of anilines is 2. The molecule has 1 aromatic heterocycles. The van der Waals surface area contributed by atoms with Crippen molar-refractivity contribution in [2.45, 2.75) is 85.1 Å². The minimum absolute atomic E-state index is 0.00382. The van der Waals surface area contributed by atoms with Gasteiger partial charge in [-0.05, 0) is 68.9 Å². The molecule has 0 bridgehead atoms. The lowest BCUT2D eigenvalue weighted by atomic mass is 9.98. The number of furan rings is 1. The van der Waals surface area contributed by atoms with E-state index in [4.69, 9.17) is 4.42 Å². The zero-order chi connectivity index (χ0) is 25.0. The smallest absolute Gasteiger partial charge is 0.256 e. The maximum atomic E-state index is 13.7. The highest BCUT2D eigenvalue weighted by Crippen LogP contribution is 2.29. The molecule has 1 aromatic carbocycles. The molecule has 1 atom stereocenters. The predicted molar refractivity (Wildman–Crippen MR) is 143 cm³/mol. The van der Waals surface area contributed by atoms with Crippen LogP contribution in [0.25, 0.3) is 0 Å². The summed E-state index contributed by atoms with van der Waals surface area (Å²) in [4.78, 5) is 30.9. The molecule has 192 valence electrons. The summed E-state index contributed by atoms with van der Waals surface area (Å²) in [6, 6.07) is 9.69. The molecule has 0 radical (unpaired) electrons. The van der Waals surface area contributed by atoms with Gasteiger partial charge >= 0.3 is 0 Å². The van der Waals surface area contributed by atoms with Crippen molar-refractivity contribution in [3.05, 3.63) is 47.9 Å². The topological polar surface area (TPSA) is 65.8 Å². The van der Waals surface area contributed by atoms with Gasteiger partial charge in [0.25, 0.3) is 5.91 Å². The van der Waals surface area contributed by atoms with Gasteiger partial charge in [-0.25, -0.2) is 0 Å². The van der Waals surface area contributed by atoms with Crippen molar-refractivity contribution in [1.29, 1.82) is 0 Å². The molecule has 6 heteroatoms. The summed E-state index contributed by atoms with van der Waals surface area (Å²) in [6.45, 7) is 9.40. The number of carbonyl (C=O) groups excluding carboxylic acids is 2. The average molecular weight is 482 g/mol. The van der Waals surface area contributed by atoms with Crippen molar-refractivity contribution in [2.75, 3.05) is 29.9 Å². The molecule has 0 saturated carbocycles. The third kappa shape index (κ3) is 7.61. The molecule has 1 N–H and O–H groups in total. The lowest BCUT2D eigenvalue weighted by molar-refractivity contribution is -0.120. The minimum Gasteiger partial charge on any atom is -0.467 e. The molecule has 3 rings (SSSR count). The largest absolute Gasteiger partial charge is 0.467 e. The van der Waals surface area contributed by atoms with E-state index in [9.17, 15) is 9.59 Å². The summed E-state index contributed by atoms with van der Waals surface area (Å²) in [5, 5.41) is 3.11. The summed E-state index contributed by atoms with van der Waals surface area (Å²) in [5.74, 6) is 0.964. The summed E-state index contributed by atoms with van der Waals surface area (Å²) in [5.41, 5.74) is 2.26. The van der Waals surface area contributed by atoms with Crippen LogP contribution in [0.1, 0.15) is 94.7 Å². The second-order valence-electron chi connectivity index (χ2n) is 9.68. The Bertz CT molecular complexity index is 919. The van der Waals surface area contributed by atoms with E-state index in [1.165, 1.54) is 6.42 Å². The summed E-state index contributed by atoms with van der Waals surface area (Å²) in [6.07, 6.45) is 10.9. The Hall–Kier alpha value is -2.76. The first-order chi connectivity index (χ1) is 17.1. The van der Waals surface area contributed by atoms with E-state index in [1.807, 2.05) is 35.2 Å². The fraction of sp³-hybridized carbons (Fsp3) is 0.586. The van der Waals surface area contributed by atoms with Crippen molar-refractivity contribution in [1.82, 2.24) is 4.90 Å². The molecule has 1 unspecified atom stereocenters. The first kappa shape index (κ1) is 26.8. The number of rotatable bonds is 13. The van der Waals surface area contributed by atoms with Gasteiger partial charge in [-0.15, -0.1) is 0 Å². The number of nitrogens with one attached hydrogen (secondary N) is 1. The van der Waals surface area contributed by atoms with Crippen LogP contribution in [0, 0.1) is 5.92 Å². The van der Waals surface area contributed by atoms with Gasteiger partial charge < -0.3 is 19.5 Å². The van der Waals surface area contributed by atoms with E-state index in [1.54, 1.807) is 6.26 Å². The molecule has 35 heavy (non-hydrogen) atoms. The Labute approximate surface area is 211 Å². The van der Waals surface area contributed by atoms with Gasteiger partial charge in [-0.2, -0.15) is 0 Å². The number of piperidine rings is 1. The van der Waals surface area contributed by atoms with Crippen LogP contribution in [-0.2, 0) is 11.3 Å². The van der Waals surface area contributed by atoms with E-state index in [0.29, 0.717) is 17.8 Å². The highest BCUT2D eigenvalue weighted by atomic mass is 16.3. The molecule has 1 fully saturated rings. The summed E-state index contributed by atoms with van der Waals surface area (Å²) < 4.78 is 5.64. The highest BCUT2D eigenvalue weighted by molar-refractivity contribution is 6.02. The standard InChI is InChI=1S/C29H43N3O3/c1-4-7-13-23(6-3)28(33)30-24-15-16-27(26(21-24)29(34)31-18-10-9-11-19-31)32(17-8-5-2)22-25-14-12-20-35-25/h12,14-16,20-21,23H,4-11,13,17-19,22H2,1-3H3,(H,30,33). The molecule has 6 nitrogen and oxygen atoms in total. The van der Waals surface area contributed by atoms with Crippen LogP contribution in [0.5, 0.6) is 0 Å². The molecule has 1 saturated heterocycles. The number of likely N-dealkylation sites (tertiary alicyclic amines) is 1. The Morgan fingerprint density at radius 2 is 1.83 bits per heavy atom. The number of unbranched alkanes of at least 4 members (excludes halogenated alkanes) is 2. The van der Waals surface area contributed by atoms with Crippen LogP contribution in [-0.4, -0.2) is 36.3 Å². The SMILES string of the molecule is CCCCC(CC)C(=O)Nc1ccc(N(CCCC)Cc2ccco2)c(C(=O)N2CCCCC2)c1. The maximum absolute atomic E-state index is 13.7. The van der Waals surface area contributed by atoms with E-state index < -0.39 is 0 Å². The average Bonchev–Trinajstić information content (AvgIpc) is 3.40. The summed E-state index contributed by atoms with van der Waals surface area (Å²) in [7, 11) is 0. The molecular weight excluding hydrogens is 438 g/mol. The van der Waals surface area contributed by atoms with Crippen LogP contribution < -0.4 is 10.2 Å². The third-order valence-electron chi connectivity index (χ3n) is 6.96. The maximum Gasteiger partial charge on any atom is 0.256 e. The van der Waals surface area contributed by atoms with Gasteiger partial charge in [0.1, 0.15) is 5.76 Å². The number of carbonyl (C=O) groups is 2. The zero-order valence-corrected chi connectivity index (χ0v) is 21.9. The molecule has 1 aliphatic heterocycles. The number of benzene rings is 1. The Kier molecular flexibility index (Phi) is 10.7. The van der Waals surface area contributed by atoms with Gasteiger partial charge in [0, 0.05) is 31.2 Å².